The van der Waals surface area contributed by atoms with Crippen LogP contribution in [0.25, 0.3) is 11.2 Å². The monoisotopic (exact) mass is 510 g/mol. The zero-order valence-corrected chi connectivity index (χ0v) is 20.1. The Bertz CT molecular complexity index is 1480. The van der Waals surface area contributed by atoms with Gasteiger partial charge in [0.05, 0.1) is 6.54 Å². The number of Topliss-reactive ketones (excluding diaryl/α,β-unsaturated/α-hetero) is 1. The molecule has 0 saturated heterocycles. The fourth-order valence-electron chi connectivity index (χ4n) is 3.68. The number of imidazole rings is 1. The maximum atomic E-state index is 13.0. The van der Waals surface area contributed by atoms with Gasteiger partial charge in [0.25, 0.3) is 5.56 Å². The van der Waals surface area contributed by atoms with Crippen LogP contribution in [0, 0.1) is 0 Å². The number of hydrogen-bond acceptors (Lipinski definition) is 5. The van der Waals surface area contributed by atoms with Crippen LogP contribution in [0.2, 0.25) is 0 Å². The van der Waals surface area contributed by atoms with Gasteiger partial charge in [0.2, 0.25) is 0 Å². The molecule has 0 saturated carbocycles. The van der Waals surface area contributed by atoms with Crippen molar-refractivity contribution >= 4 is 32.9 Å². The second-order valence-electron chi connectivity index (χ2n) is 7.79. The van der Waals surface area contributed by atoms with Gasteiger partial charge in [0, 0.05) is 30.6 Å². The van der Waals surface area contributed by atoms with E-state index in [1.54, 1.807) is 35.9 Å². The topological polar surface area (TPSA) is 88.1 Å². The summed E-state index contributed by atoms with van der Waals surface area (Å²) in [7, 11) is 3.00. The molecule has 0 N–H and O–H groups in total. The highest BCUT2D eigenvalue weighted by Gasteiger charge is 2.21. The van der Waals surface area contributed by atoms with Gasteiger partial charge < -0.3 is 4.74 Å². The Balaban J connectivity index is 1.87. The molecule has 0 atom stereocenters. The second-order valence-corrected chi connectivity index (χ2v) is 8.71. The molecule has 9 heteroatoms. The third-order valence-electron chi connectivity index (χ3n) is 5.38. The van der Waals surface area contributed by atoms with Crippen LogP contribution >= 0.6 is 15.9 Å². The van der Waals surface area contributed by atoms with Crippen LogP contribution in [0.4, 0.5) is 0 Å². The minimum atomic E-state index is -0.474. The van der Waals surface area contributed by atoms with Gasteiger partial charge in [-0.3, -0.25) is 23.3 Å². The van der Waals surface area contributed by atoms with Crippen molar-refractivity contribution in [3.8, 4) is 11.8 Å². The molecule has 170 valence electrons. The van der Waals surface area contributed by atoms with E-state index in [0.29, 0.717) is 24.3 Å². The van der Waals surface area contributed by atoms with Crippen molar-refractivity contribution in [3.05, 3.63) is 85.0 Å². The summed E-state index contributed by atoms with van der Waals surface area (Å²) in [5.41, 5.74) is 1.01. The molecule has 0 unspecified atom stereocenters. The lowest BCUT2D eigenvalue weighted by atomic mass is 10.1. The third kappa shape index (κ3) is 4.41. The first kappa shape index (κ1) is 22.7. The van der Waals surface area contributed by atoms with Crippen LogP contribution in [0.15, 0.2) is 62.6 Å². The van der Waals surface area contributed by atoms with Gasteiger partial charge in [-0.1, -0.05) is 47.1 Å². The summed E-state index contributed by atoms with van der Waals surface area (Å²) in [6.45, 7) is 2.25. The van der Waals surface area contributed by atoms with Crippen molar-refractivity contribution in [2.75, 3.05) is 0 Å². The standard InChI is InChI=1S/C24H23BrN4O4/c1-4-7-19(30)16-9-6-11-18(13-16)33-23-26-21-20(22(31)28(3)24(32)27(21)2)29(23)14-15-8-5-10-17(25)12-15/h5-6,8-13H,4,7,14H2,1-3H3. The molecule has 2 aromatic heterocycles. The smallest absolute Gasteiger partial charge is 0.332 e. The van der Waals surface area contributed by atoms with Crippen molar-refractivity contribution in [3.63, 3.8) is 0 Å². The van der Waals surface area contributed by atoms with Gasteiger partial charge >= 0.3 is 11.7 Å². The third-order valence-corrected chi connectivity index (χ3v) is 5.88. The first-order chi connectivity index (χ1) is 15.8. The van der Waals surface area contributed by atoms with E-state index in [4.69, 9.17) is 4.74 Å². The number of ether oxygens (including phenoxy) is 1. The van der Waals surface area contributed by atoms with Crippen LogP contribution in [-0.2, 0) is 20.6 Å². The van der Waals surface area contributed by atoms with Gasteiger partial charge in [-0.25, -0.2) is 4.79 Å². The number of hydrogen-bond donors (Lipinski definition) is 0. The molecule has 0 amide bonds. The van der Waals surface area contributed by atoms with Crippen molar-refractivity contribution in [2.24, 2.45) is 14.1 Å². The zero-order valence-electron chi connectivity index (χ0n) is 18.5. The normalized spacial score (nSPS) is 11.2. The van der Waals surface area contributed by atoms with Gasteiger partial charge in [-0.15, -0.1) is 0 Å². The zero-order chi connectivity index (χ0) is 23.7. The van der Waals surface area contributed by atoms with Crippen molar-refractivity contribution in [1.82, 2.24) is 18.7 Å². The molecule has 8 nitrogen and oxygen atoms in total. The molecular formula is C24H23BrN4O4. The maximum absolute atomic E-state index is 13.0. The predicted octanol–water partition coefficient (Wildman–Crippen LogP) is 4.02. The van der Waals surface area contributed by atoms with Crippen molar-refractivity contribution in [1.29, 1.82) is 0 Å². The number of carbonyl (C=O) groups is 1. The Labute approximate surface area is 198 Å². The van der Waals surface area contributed by atoms with E-state index >= 15 is 0 Å². The largest absolute Gasteiger partial charge is 0.425 e. The Hall–Kier alpha value is -3.46. The molecule has 0 fully saturated rings. The fraction of sp³-hybridized carbons (Fsp3) is 0.250. The fourth-order valence-corrected chi connectivity index (χ4v) is 4.13. The van der Waals surface area contributed by atoms with E-state index in [0.717, 1.165) is 21.0 Å². The van der Waals surface area contributed by atoms with Gasteiger partial charge in [0.15, 0.2) is 16.9 Å². The highest BCUT2D eigenvalue weighted by molar-refractivity contribution is 9.10. The molecule has 0 aliphatic carbocycles. The average molecular weight is 511 g/mol. The molecule has 4 rings (SSSR count). The number of benzene rings is 2. The number of aryl methyl sites for hydroxylation is 1. The number of carbonyl (C=O) groups excluding carboxylic acids is 1. The lowest BCUT2D eigenvalue weighted by Crippen LogP contribution is -2.37. The number of nitrogens with zero attached hydrogens (tertiary/aromatic N) is 4. The van der Waals surface area contributed by atoms with Gasteiger partial charge in [-0.2, -0.15) is 4.98 Å². The molecule has 0 radical (unpaired) electrons. The Morgan fingerprint density at radius 2 is 1.82 bits per heavy atom. The quantitative estimate of drug-likeness (QED) is 0.350. The van der Waals surface area contributed by atoms with Crippen LogP contribution in [0.5, 0.6) is 11.8 Å². The summed E-state index contributed by atoms with van der Waals surface area (Å²) in [6.07, 6.45) is 1.20. The first-order valence-corrected chi connectivity index (χ1v) is 11.3. The summed E-state index contributed by atoms with van der Waals surface area (Å²) in [5, 5.41) is 0. The van der Waals surface area contributed by atoms with E-state index in [1.165, 1.54) is 11.6 Å². The lowest BCUT2D eigenvalue weighted by Gasteiger charge is -2.11. The second kappa shape index (κ2) is 9.19. The minimum absolute atomic E-state index is 0.0295. The average Bonchev–Trinajstić information content (AvgIpc) is 3.14. The molecule has 0 spiro atoms. The molecule has 4 aromatic rings. The number of aromatic nitrogens is 4. The van der Waals surface area contributed by atoms with Crippen molar-refractivity contribution in [2.45, 2.75) is 26.3 Å². The predicted molar refractivity (Wildman–Crippen MR) is 129 cm³/mol. The molecule has 33 heavy (non-hydrogen) atoms. The van der Waals surface area contributed by atoms with E-state index < -0.39 is 11.2 Å². The summed E-state index contributed by atoms with van der Waals surface area (Å²) >= 11 is 3.47. The van der Waals surface area contributed by atoms with Gasteiger partial charge in [-0.05, 0) is 36.2 Å². The molecular weight excluding hydrogens is 488 g/mol. The van der Waals surface area contributed by atoms with Gasteiger partial charge in [0.1, 0.15) is 5.75 Å². The van der Waals surface area contributed by atoms with Crippen LogP contribution in [0.3, 0.4) is 0 Å². The SMILES string of the molecule is CCCC(=O)c1cccc(Oc2nc3c(c(=O)n(C)c(=O)n3C)n2Cc2cccc(Br)c2)c1. The molecule has 2 aromatic carbocycles. The minimum Gasteiger partial charge on any atom is -0.425 e. The highest BCUT2D eigenvalue weighted by atomic mass is 79.9. The molecule has 2 heterocycles. The van der Waals surface area contributed by atoms with Crippen molar-refractivity contribution < 1.29 is 9.53 Å². The number of halogens is 1. The number of fused-ring (bicyclic) bond motifs is 1. The molecule has 0 aliphatic rings. The summed E-state index contributed by atoms with van der Waals surface area (Å²) in [6, 6.07) is 14.7. The molecule has 0 aliphatic heterocycles. The van der Waals surface area contributed by atoms with Crippen LogP contribution < -0.4 is 16.0 Å². The summed E-state index contributed by atoms with van der Waals surface area (Å²) in [4.78, 5) is 42.3. The van der Waals surface area contributed by atoms with E-state index in [1.807, 2.05) is 31.2 Å². The van der Waals surface area contributed by atoms with Crippen LogP contribution in [-0.4, -0.2) is 24.5 Å². The first-order valence-electron chi connectivity index (χ1n) is 10.5. The van der Waals surface area contributed by atoms with E-state index in [-0.39, 0.29) is 23.0 Å². The Morgan fingerprint density at radius 1 is 1.06 bits per heavy atom. The summed E-state index contributed by atoms with van der Waals surface area (Å²) in [5.74, 6) is 0.450. The Morgan fingerprint density at radius 3 is 2.55 bits per heavy atom. The number of ketones is 1. The number of rotatable bonds is 7. The molecule has 0 bridgehead atoms. The Kier molecular flexibility index (Phi) is 6.33. The lowest BCUT2D eigenvalue weighted by molar-refractivity contribution is 0.0981. The highest BCUT2D eigenvalue weighted by Crippen LogP contribution is 2.26. The van der Waals surface area contributed by atoms with E-state index in [9.17, 15) is 14.4 Å². The summed E-state index contributed by atoms with van der Waals surface area (Å²) < 4.78 is 11.0. The maximum Gasteiger partial charge on any atom is 0.332 e. The van der Waals surface area contributed by atoms with E-state index in [2.05, 4.69) is 20.9 Å². The van der Waals surface area contributed by atoms with Crippen LogP contribution in [0.1, 0.15) is 35.7 Å².